The molecule has 7 nitrogen and oxygen atoms in total. The Labute approximate surface area is 152 Å². The molecule has 0 radical (unpaired) electrons. The topological polar surface area (TPSA) is 88.7 Å². The molecule has 2 aromatic rings. The van der Waals surface area contributed by atoms with Crippen molar-refractivity contribution >= 4 is 23.2 Å². The maximum absolute atomic E-state index is 12.3. The van der Waals surface area contributed by atoms with Crippen LogP contribution in [-0.2, 0) is 9.53 Å². The molecule has 138 valence electrons. The van der Waals surface area contributed by atoms with Gasteiger partial charge in [-0.05, 0) is 48.5 Å². The first-order valence-corrected chi connectivity index (χ1v) is 8.17. The van der Waals surface area contributed by atoms with Crippen LogP contribution < -0.4 is 20.7 Å². The van der Waals surface area contributed by atoms with Crippen molar-refractivity contribution in [2.75, 3.05) is 44.5 Å². The van der Waals surface area contributed by atoms with E-state index in [0.717, 1.165) is 5.75 Å². The van der Waals surface area contributed by atoms with E-state index in [4.69, 9.17) is 9.47 Å². The van der Waals surface area contributed by atoms with Gasteiger partial charge in [0.15, 0.2) is 0 Å². The Morgan fingerprint density at radius 2 is 1.50 bits per heavy atom. The molecule has 7 heteroatoms. The Hall–Kier alpha value is -2.90. The predicted molar refractivity (Wildman–Crippen MR) is 101 cm³/mol. The number of ether oxygens (including phenoxy) is 2. The molecule has 0 aliphatic heterocycles. The number of benzene rings is 2. The summed E-state index contributed by atoms with van der Waals surface area (Å²) in [4.78, 5) is 24.0. The van der Waals surface area contributed by atoms with Gasteiger partial charge in [0.1, 0.15) is 5.75 Å². The molecule has 0 saturated carbocycles. The lowest BCUT2D eigenvalue weighted by atomic mass is 10.2. The largest absolute Gasteiger partial charge is 0.497 e. The summed E-state index contributed by atoms with van der Waals surface area (Å²) in [6.45, 7) is 1.35. The summed E-state index contributed by atoms with van der Waals surface area (Å²) in [6.07, 6.45) is 0. The predicted octanol–water partition coefficient (Wildman–Crippen LogP) is 2.12. The molecule has 0 bridgehead atoms. The second-order valence-electron chi connectivity index (χ2n) is 5.48. The first-order valence-electron chi connectivity index (χ1n) is 8.17. The highest BCUT2D eigenvalue weighted by molar-refractivity contribution is 6.04. The summed E-state index contributed by atoms with van der Waals surface area (Å²) < 4.78 is 9.98. The van der Waals surface area contributed by atoms with Gasteiger partial charge in [0.25, 0.3) is 5.91 Å². The molecule has 0 aromatic heterocycles. The van der Waals surface area contributed by atoms with Crippen molar-refractivity contribution in [2.24, 2.45) is 0 Å². The molecule has 0 saturated heterocycles. The number of methoxy groups -OCH3 is 2. The number of anilines is 2. The monoisotopic (exact) mass is 357 g/mol. The molecule has 26 heavy (non-hydrogen) atoms. The zero-order valence-corrected chi connectivity index (χ0v) is 14.9. The average molecular weight is 357 g/mol. The molecule has 3 N–H and O–H groups in total. The van der Waals surface area contributed by atoms with E-state index < -0.39 is 0 Å². The lowest BCUT2D eigenvalue weighted by Crippen LogP contribution is -2.30. The van der Waals surface area contributed by atoms with Crippen LogP contribution in [0, 0.1) is 0 Å². The van der Waals surface area contributed by atoms with Gasteiger partial charge in [-0.2, -0.15) is 0 Å². The third kappa shape index (κ3) is 6.19. The van der Waals surface area contributed by atoms with Crippen LogP contribution in [0.25, 0.3) is 0 Å². The molecule has 0 fully saturated rings. The third-order valence-electron chi connectivity index (χ3n) is 3.55. The first-order chi connectivity index (χ1) is 12.6. The molecule has 0 spiro atoms. The quantitative estimate of drug-likeness (QED) is 0.598. The summed E-state index contributed by atoms with van der Waals surface area (Å²) in [7, 11) is 3.19. The summed E-state index contributed by atoms with van der Waals surface area (Å²) >= 11 is 0. The second kappa shape index (κ2) is 10.2. The van der Waals surface area contributed by atoms with Gasteiger partial charge in [0, 0.05) is 30.6 Å². The van der Waals surface area contributed by atoms with Crippen molar-refractivity contribution in [3.05, 3.63) is 54.1 Å². The van der Waals surface area contributed by atoms with Crippen LogP contribution in [0.4, 0.5) is 11.4 Å². The molecular weight excluding hydrogens is 334 g/mol. The number of carbonyl (C=O) groups is 2. The molecule has 0 aliphatic rings. The SMILES string of the molecule is COCCNCC(=O)Nc1ccc(C(=O)Nc2ccc(OC)cc2)cc1. The van der Waals surface area contributed by atoms with Crippen LogP contribution in [0.1, 0.15) is 10.4 Å². The number of hydrogen-bond acceptors (Lipinski definition) is 5. The van der Waals surface area contributed by atoms with E-state index in [-0.39, 0.29) is 18.4 Å². The maximum atomic E-state index is 12.3. The third-order valence-corrected chi connectivity index (χ3v) is 3.55. The zero-order chi connectivity index (χ0) is 18.8. The Morgan fingerprint density at radius 3 is 2.12 bits per heavy atom. The van der Waals surface area contributed by atoms with E-state index in [2.05, 4.69) is 16.0 Å². The van der Waals surface area contributed by atoms with Crippen LogP contribution in [0.3, 0.4) is 0 Å². The minimum Gasteiger partial charge on any atom is -0.497 e. The van der Waals surface area contributed by atoms with Crippen LogP contribution in [-0.4, -0.2) is 45.7 Å². The maximum Gasteiger partial charge on any atom is 0.255 e. The minimum atomic E-state index is -0.228. The fourth-order valence-corrected chi connectivity index (χ4v) is 2.16. The number of amides is 2. The highest BCUT2D eigenvalue weighted by Crippen LogP contribution is 2.16. The molecule has 0 heterocycles. The summed E-state index contributed by atoms with van der Waals surface area (Å²) in [5.41, 5.74) is 1.80. The fourth-order valence-electron chi connectivity index (χ4n) is 2.16. The van der Waals surface area contributed by atoms with E-state index >= 15 is 0 Å². The molecule has 0 atom stereocenters. The number of carbonyl (C=O) groups excluding carboxylic acids is 2. The van der Waals surface area contributed by atoms with Crippen molar-refractivity contribution in [1.29, 1.82) is 0 Å². The summed E-state index contributed by atoms with van der Waals surface area (Å²) in [5.74, 6) is 0.339. The van der Waals surface area contributed by atoms with E-state index in [1.54, 1.807) is 62.8 Å². The van der Waals surface area contributed by atoms with Crippen LogP contribution >= 0.6 is 0 Å². The second-order valence-corrected chi connectivity index (χ2v) is 5.48. The first kappa shape index (κ1) is 19.4. The van der Waals surface area contributed by atoms with Crippen LogP contribution in [0.5, 0.6) is 5.75 Å². The Balaban J connectivity index is 1.85. The zero-order valence-electron chi connectivity index (χ0n) is 14.9. The Bertz CT molecular complexity index is 715. The van der Waals surface area contributed by atoms with Crippen molar-refractivity contribution in [3.8, 4) is 5.75 Å². The lowest BCUT2D eigenvalue weighted by Gasteiger charge is -2.09. The van der Waals surface area contributed by atoms with Crippen molar-refractivity contribution < 1.29 is 19.1 Å². The molecule has 2 aromatic carbocycles. The molecular formula is C19H23N3O4. The smallest absolute Gasteiger partial charge is 0.255 e. The van der Waals surface area contributed by atoms with Crippen LogP contribution in [0.2, 0.25) is 0 Å². The van der Waals surface area contributed by atoms with Gasteiger partial charge < -0.3 is 25.4 Å². The van der Waals surface area contributed by atoms with Crippen molar-refractivity contribution in [2.45, 2.75) is 0 Å². The Morgan fingerprint density at radius 1 is 0.885 bits per heavy atom. The van der Waals surface area contributed by atoms with E-state index in [1.165, 1.54) is 0 Å². The minimum absolute atomic E-state index is 0.156. The number of rotatable bonds is 9. The summed E-state index contributed by atoms with van der Waals surface area (Å²) in [5, 5.41) is 8.53. The van der Waals surface area contributed by atoms with Crippen molar-refractivity contribution in [1.82, 2.24) is 5.32 Å². The van der Waals surface area contributed by atoms with Gasteiger partial charge in [0.2, 0.25) is 5.91 Å². The van der Waals surface area contributed by atoms with Gasteiger partial charge >= 0.3 is 0 Å². The van der Waals surface area contributed by atoms with E-state index in [1.807, 2.05) is 0 Å². The molecule has 0 unspecified atom stereocenters. The molecule has 0 aliphatic carbocycles. The standard InChI is InChI=1S/C19H23N3O4/c1-25-12-11-20-13-18(23)21-15-5-3-14(4-6-15)19(24)22-16-7-9-17(26-2)10-8-16/h3-10,20H,11-13H2,1-2H3,(H,21,23)(H,22,24). The molecule has 2 rings (SSSR count). The fraction of sp³-hybridized carbons (Fsp3) is 0.263. The number of hydrogen-bond donors (Lipinski definition) is 3. The lowest BCUT2D eigenvalue weighted by molar-refractivity contribution is -0.115. The normalized spacial score (nSPS) is 10.2. The number of nitrogens with one attached hydrogen (secondary N) is 3. The van der Waals surface area contributed by atoms with E-state index in [9.17, 15) is 9.59 Å². The highest BCUT2D eigenvalue weighted by atomic mass is 16.5. The van der Waals surface area contributed by atoms with E-state index in [0.29, 0.717) is 30.1 Å². The Kier molecular flexibility index (Phi) is 7.60. The van der Waals surface area contributed by atoms with Gasteiger partial charge in [-0.3, -0.25) is 9.59 Å². The highest BCUT2D eigenvalue weighted by Gasteiger charge is 2.07. The van der Waals surface area contributed by atoms with Gasteiger partial charge in [-0.25, -0.2) is 0 Å². The average Bonchev–Trinajstić information content (AvgIpc) is 2.66. The summed E-state index contributed by atoms with van der Waals surface area (Å²) in [6, 6.07) is 13.8. The van der Waals surface area contributed by atoms with Gasteiger partial charge in [-0.1, -0.05) is 0 Å². The van der Waals surface area contributed by atoms with Crippen molar-refractivity contribution in [3.63, 3.8) is 0 Å². The molecule has 2 amide bonds. The van der Waals surface area contributed by atoms with Gasteiger partial charge in [0.05, 0.1) is 20.3 Å². The van der Waals surface area contributed by atoms with Gasteiger partial charge in [-0.15, -0.1) is 0 Å². The van der Waals surface area contributed by atoms with Crippen LogP contribution in [0.15, 0.2) is 48.5 Å².